The Morgan fingerprint density at radius 3 is 3.07 bits per heavy atom. The van der Waals surface area contributed by atoms with Crippen LogP contribution in [0, 0.1) is 0 Å². The monoisotopic (exact) mass is 269 g/mol. The van der Waals surface area contributed by atoms with E-state index in [1.807, 2.05) is 25.2 Å². The van der Waals surface area contributed by atoms with Gasteiger partial charge in [-0.05, 0) is 17.7 Å². The zero-order valence-electron chi connectivity index (χ0n) is 8.40. The van der Waals surface area contributed by atoms with Crippen molar-refractivity contribution in [2.45, 2.75) is 12.3 Å². The lowest BCUT2D eigenvalue weighted by Gasteiger charge is -2.11. The van der Waals surface area contributed by atoms with E-state index in [2.05, 4.69) is 20.8 Å². The number of hydrogen-bond donors (Lipinski definition) is 1. The molecule has 0 bridgehead atoms. The average molecular weight is 270 g/mol. The van der Waals surface area contributed by atoms with E-state index in [1.54, 1.807) is 0 Å². The van der Waals surface area contributed by atoms with Crippen molar-refractivity contribution in [2.75, 3.05) is 18.5 Å². The molecule has 0 saturated heterocycles. The predicted molar refractivity (Wildman–Crippen MR) is 62.4 cm³/mol. The first kappa shape index (κ1) is 10.5. The number of carboxylic acids is 1. The second-order valence-corrected chi connectivity index (χ2v) is 4.79. The van der Waals surface area contributed by atoms with Crippen LogP contribution in [0.1, 0.15) is 17.9 Å². The first-order valence-corrected chi connectivity index (χ1v) is 5.59. The second-order valence-electron chi connectivity index (χ2n) is 3.88. The van der Waals surface area contributed by atoms with E-state index in [-0.39, 0.29) is 12.3 Å². The van der Waals surface area contributed by atoms with E-state index in [0.29, 0.717) is 0 Å². The first-order chi connectivity index (χ1) is 7.08. The third kappa shape index (κ3) is 2.00. The highest BCUT2D eigenvalue weighted by Gasteiger charge is 2.27. The Hall–Kier alpha value is -1.03. The molecule has 1 N–H and O–H groups in total. The Labute approximate surface area is 96.8 Å². The van der Waals surface area contributed by atoms with Gasteiger partial charge in [-0.1, -0.05) is 22.0 Å². The van der Waals surface area contributed by atoms with Crippen molar-refractivity contribution in [1.29, 1.82) is 0 Å². The number of aliphatic carboxylic acids is 1. The van der Waals surface area contributed by atoms with Crippen LogP contribution >= 0.6 is 15.9 Å². The summed E-state index contributed by atoms with van der Waals surface area (Å²) >= 11 is 3.42. The van der Waals surface area contributed by atoms with Gasteiger partial charge in [0.2, 0.25) is 0 Å². The summed E-state index contributed by atoms with van der Waals surface area (Å²) < 4.78 is 1.03. The van der Waals surface area contributed by atoms with Gasteiger partial charge in [-0.15, -0.1) is 0 Å². The number of hydrogen-bond acceptors (Lipinski definition) is 2. The number of likely N-dealkylation sites (N-methyl/N-ethyl adjacent to an activating group) is 1. The number of benzene rings is 1. The van der Waals surface area contributed by atoms with Crippen molar-refractivity contribution in [3.8, 4) is 0 Å². The van der Waals surface area contributed by atoms with Crippen LogP contribution < -0.4 is 4.90 Å². The lowest BCUT2D eigenvalue weighted by Crippen LogP contribution is -2.16. The van der Waals surface area contributed by atoms with Crippen LogP contribution in [-0.2, 0) is 4.79 Å². The quantitative estimate of drug-likeness (QED) is 0.897. The Bertz CT molecular complexity index is 406. The summed E-state index contributed by atoms with van der Waals surface area (Å²) in [5.74, 6) is -0.611. The Kier molecular flexibility index (Phi) is 2.69. The molecule has 0 spiro atoms. The number of carbonyl (C=O) groups is 1. The number of anilines is 1. The van der Waals surface area contributed by atoms with Gasteiger partial charge in [0.05, 0.1) is 6.42 Å². The van der Waals surface area contributed by atoms with Gasteiger partial charge in [-0.25, -0.2) is 0 Å². The number of fused-ring (bicyclic) bond motifs is 1. The summed E-state index contributed by atoms with van der Waals surface area (Å²) in [4.78, 5) is 12.8. The third-order valence-electron chi connectivity index (χ3n) is 2.76. The maximum atomic E-state index is 10.7. The summed E-state index contributed by atoms with van der Waals surface area (Å²) in [7, 11) is 1.99. The summed E-state index contributed by atoms with van der Waals surface area (Å²) in [5, 5.41) is 8.81. The van der Waals surface area contributed by atoms with Crippen molar-refractivity contribution in [3.05, 3.63) is 28.2 Å². The minimum atomic E-state index is -0.732. The van der Waals surface area contributed by atoms with Crippen LogP contribution in [0.3, 0.4) is 0 Å². The van der Waals surface area contributed by atoms with Gasteiger partial charge < -0.3 is 10.0 Å². The van der Waals surface area contributed by atoms with Gasteiger partial charge in [0, 0.05) is 29.7 Å². The lowest BCUT2D eigenvalue weighted by atomic mass is 9.98. The van der Waals surface area contributed by atoms with Crippen molar-refractivity contribution in [2.24, 2.45) is 0 Å². The van der Waals surface area contributed by atoms with Crippen molar-refractivity contribution in [3.63, 3.8) is 0 Å². The average Bonchev–Trinajstić information content (AvgIpc) is 2.42. The Balaban J connectivity index is 2.33. The Morgan fingerprint density at radius 2 is 2.40 bits per heavy atom. The molecule has 3 nitrogen and oxygen atoms in total. The highest BCUT2D eigenvalue weighted by molar-refractivity contribution is 9.10. The predicted octanol–water partition coefficient (Wildman–Crippen LogP) is 2.46. The van der Waals surface area contributed by atoms with E-state index in [1.165, 1.54) is 0 Å². The minimum Gasteiger partial charge on any atom is -0.481 e. The largest absolute Gasteiger partial charge is 0.481 e. The van der Waals surface area contributed by atoms with Crippen LogP contribution in [0.4, 0.5) is 5.69 Å². The first-order valence-electron chi connectivity index (χ1n) is 4.80. The molecule has 4 heteroatoms. The Morgan fingerprint density at radius 1 is 1.67 bits per heavy atom. The van der Waals surface area contributed by atoms with Gasteiger partial charge in [0.25, 0.3) is 0 Å². The topological polar surface area (TPSA) is 40.5 Å². The molecule has 1 aliphatic rings. The molecule has 80 valence electrons. The molecule has 1 unspecified atom stereocenters. The van der Waals surface area contributed by atoms with Crippen molar-refractivity contribution < 1.29 is 9.90 Å². The fourth-order valence-corrected chi connectivity index (χ4v) is 2.45. The van der Waals surface area contributed by atoms with E-state index >= 15 is 0 Å². The molecule has 1 aliphatic heterocycles. The molecule has 0 fully saturated rings. The zero-order chi connectivity index (χ0) is 11.0. The zero-order valence-corrected chi connectivity index (χ0v) is 9.99. The SMILES string of the molecule is CN1CC(CC(=O)O)c2ccc(Br)cc21. The fraction of sp³-hybridized carbons (Fsp3) is 0.364. The van der Waals surface area contributed by atoms with E-state index < -0.39 is 5.97 Å². The van der Waals surface area contributed by atoms with Crippen LogP contribution in [0.25, 0.3) is 0 Å². The molecular weight excluding hydrogens is 258 g/mol. The van der Waals surface area contributed by atoms with Gasteiger partial charge in [0.15, 0.2) is 0 Å². The maximum Gasteiger partial charge on any atom is 0.304 e. The molecule has 0 amide bonds. The summed E-state index contributed by atoms with van der Waals surface area (Å²) in [5.41, 5.74) is 2.28. The molecule has 15 heavy (non-hydrogen) atoms. The molecule has 1 aromatic rings. The van der Waals surface area contributed by atoms with Crippen molar-refractivity contribution >= 4 is 27.6 Å². The molecule has 1 aromatic carbocycles. The van der Waals surface area contributed by atoms with E-state index in [0.717, 1.165) is 22.3 Å². The molecule has 2 rings (SSSR count). The van der Waals surface area contributed by atoms with E-state index in [9.17, 15) is 4.79 Å². The molecule has 0 aliphatic carbocycles. The molecule has 1 heterocycles. The maximum absolute atomic E-state index is 10.7. The fourth-order valence-electron chi connectivity index (χ4n) is 2.11. The molecule has 1 atom stereocenters. The number of nitrogens with zero attached hydrogens (tertiary/aromatic N) is 1. The normalized spacial score (nSPS) is 19.1. The lowest BCUT2D eigenvalue weighted by molar-refractivity contribution is -0.137. The summed E-state index contributed by atoms with van der Waals surface area (Å²) in [6, 6.07) is 6.01. The smallest absolute Gasteiger partial charge is 0.304 e. The number of carboxylic acid groups (broad SMARTS) is 1. The number of halogens is 1. The van der Waals surface area contributed by atoms with Gasteiger partial charge in [-0.2, -0.15) is 0 Å². The standard InChI is InChI=1S/C11H12BrNO2/c1-13-6-7(4-11(14)15)9-3-2-8(12)5-10(9)13/h2-3,5,7H,4,6H2,1H3,(H,14,15). The van der Waals surface area contributed by atoms with E-state index in [4.69, 9.17) is 5.11 Å². The molecular formula is C11H12BrNO2. The van der Waals surface area contributed by atoms with Crippen LogP contribution in [0.5, 0.6) is 0 Å². The number of rotatable bonds is 2. The van der Waals surface area contributed by atoms with Gasteiger partial charge >= 0.3 is 5.97 Å². The third-order valence-corrected chi connectivity index (χ3v) is 3.25. The molecule has 0 aromatic heterocycles. The molecule has 0 radical (unpaired) electrons. The van der Waals surface area contributed by atoms with Crippen LogP contribution in [-0.4, -0.2) is 24.7 Å². The second kappa shape index (κ2) is 3.85. The minimum absolute atomic E-state index is 0.121. The van der Waals surface area contributed by atoms with Crippen LogP contribution in [0.15, 0.2) is 22.7 Å². The highest BCUT2D eigenvalue weighted by Crippen LogP contribution is 2.38. The summed E-state index contributed by atoms with van der Waals surface area (Å²) in [6.07, 6.45) is 0.207. The van der Waals surface area contributed by atoms with Gasteiger partial charge in [0.1, 0.15) is 0 Å². The van der Waals surface area contributed by atoms with Crippen LogP contribution in [0.2, 0.25) is 0 Å². The molecule has 0 saturated carbocycles. The van der Waals surface area contributed by atoms with Gasteiger partial charge in [-0.3, -0.25) is 4.79 Å². The summed E-state index contributed by atoms with van der Waals surface area (Å²) in [6.45, 7) is 0.790. The van der Waals surface area contributed by atoms with Crippen molar-refractivity contribution in [1.82, 2.24) is 0 Å². The highest BCUT2D eigenvalue weighted by atomic mass is 79.9.